The average molecular weight is 307 g/mol. The molecule has 0 saturated carbocycles. The second-order valence-electron chi connectivity index (χ2n) is 5.80. The number of nitro benzene ring substituents is 1. The van der Waals surface area contributed by atoms with Crippen molar-refractivity contribution in [1.82, 2.24) is 10.2 Å². The van der Waals surface area contributed by atoms with Gasteiger partial charge in [-0.15, -0.1) is 0 Å². The Morgan fingerprint density at radius 3 is 2.73 bits per heavy atom. The van der Waals surface area contributed by atoms with Gasteiger partial charge in [-0.2, -0.15) is 0 Å². The second-order valence-corrected chi connectivity index (χ2v) is 5.80. The first-order chi connectivity index (χ1) is 10.6. The molecule has 1 fully saturated rings. The van der Waals surface area contributed by atoms with Crippen LogP contribution < -0.4 is 5.32 Å². The molecule has 0 aromatic heterocycles. The van der Waals surface area contributed by atoms with Crippen molar-refractivity contribution in [3.05, 3.63) is 33.9 Å². The summed E-state index contributed by atoms with van der Waals surface area (Å²) in [5, 5.41) is 24.0. The van der Waals surface area contributed by atoms with Crippen LogP contribution in [0.25, 0.3) is 0 Å². The van der Waals surface area contributed by atoms with Gasteiger partial charge in [-0.25, -0.2) is 0 Å². The Morgan fingerprint density at radius 2 is 2.09 bits per heavy atom. The summed E-state index contributed by atoms with van der Waals surface area (Å²) in [5.74, 6) is -0.263. The van der Waals surface area contributed by atoms with Gasteiger partial charge in [-0.05, 0) is 18.1 Å². The minimum Gasteiger partial charge on any atom is -0.502 e. The Balaban J connectivity index is 2.22. The van der Waals surface area contributed by atoms with E-state index in [1.807, 2.05) is 6.07 Å². The molecule has 1 heterocycles. The molecular weight excluding hydrogens is 282 g/mol. The van der Waals surface area contributed by atoms with Gasteiger partial charge in [-0.1, -0.05) is 32.3 Å². The lowest BCUT2D eigenvalue weighted by Gasteiger charge is -2.35. The van der Waals surface area contributed by atoms with Crippen molar-refractivity contribution in [2.75, 3.05) is 26.2 Å². The van der Waals surface area contributed by atoms with Crippen LogP contribution >= 0.6 is 0 Å². The van der Waals surface area contributed by atoms with Crippen LogP contribution in [0, 0.1) is 10.1 Å². The fourth-order valence-corrected chi connectivity index (χ4v) is 3.04. The van der Waals surface area contributed by atoms with Crippen molar-refractivity contribution in [1.29, 1.82) is 0 Å². The van der Waals surface area contributed by atoms with Gasteiger partial charge < -0.3 is 10.4 Å². The number of hydrogen-bond acceptors (Lipinski definition) is 5. The number of aromatic hydroxyl groups is 1. The molecule has 2 N–H and O–H groups in total. The predicted octanol–water partition coefficient (Wildman–Crippen LogP) is 2.83. The maximum atomic E-state index is 11.1. The fraction of sp³-hybridized carbons (Fsp3) is 0.625. The number of rotatable bonds is 7. The molecule has 22 heavy (non-hydrogen) atoms. The molecule has 0 spiro atoms. The Morgan fingerprint density at radius 1 is 1.36 bits per heavy atom. The Hall–Kier alpha value is -1.66. The van der Waals surface area contributed by atoms with Crippen LogP contribution in [0.1, 0.15) is 44.2 Å². The number of unbranched alkanes of at least 4 members (excludes halogenated alkanes) is 2. The summed E-state index contributed by atoms with van der Waals surface area (Å²) in [5.41, 5.74) is 0.732. The third kappa shape index (κ3) is 4.18. The highest BCUT2D eigenvalue weighted by Crippen LogP contribution is 2.33. The summed E-state index contributed by atoms with van der Waals surface area (Å²) in [4.78, 5) is 12.9. The molecule has 1 atom stereocenters. The summed E-state index contributed by atoms with van der Waals surface area (Å²) in [6, 6.07) is 4.99. The molecule has 1 aromatic carbocycles. The van der Waals surface area contributed by atoms with Crippen LogP contribution in [0.2, 0.25) is 0 Å². The molecule has 1 aliphatic heterocycles. The first kappa shape index (κ1) is 16.7. The zero-order valence-corrected chi connectivity index (χ0v) is 13.1. The quantitative estimate of drug-likeness (QED) is 0.460. The minimum atomic E-state index is -0.514. The SMILES string of the molecule is CCCCC[C@@H](c1ccc(O)c([N+](=O)[O-])c1)N1CCNCC1. The van der Waals surface area contributed by atoms with Crippen LogP contribution in [-0.4, -0.2) is 41.1 Å². The van der Waals surface area contributed by atoms with Crippen molar-refractivity contribution < 1.29 is 10.0 Å². The second kappa shape index (κ2) is 8.10. The number of nitrogens with one attached hydrogen (secondary N) is 1. The predicted molar refractivity (Wildman–Crippen MR) is 86.1 cm³/mol. The highest BCUT2D eigenvalue weighted by Gasteiger charge is 2.24. The van der Waals surface area contributed by atoms with E-state index in [1.54, 1.807) is 0 Å². The smallest absolute Gasteiger partial charge is 0.311 e. The number of nitrogens with zero attached hydrogens (tertiary/aromatic N) is 2. The molecule has 2 rings (SSSR count). The third-order valence-corrected chi connectivity index (χ3v) is 4.25. The van der Waals surface area contributed by atoms with Crippen molar-refractivity contribution in [3.8, 4) is 5.75 Å². The normalized spacial score (nSPS) is 17.3. The molecule has 0 amide bonds. The zero-order chi connectivity index (χ0) is 15.9. The number of hydrogen-bond donors (Lipinski definition) is 2. The third-order valence-electron chi connectivity index (χ3n) is 4.25. The summed E-state index contributed by atoms with van der Waals surface area (Å²) in [6.45, 7) is 5.97. The lowest BCUT2D eigenvalue weighted by atomic mass is 9.97. The average Bonchev–Trinajstić information content (AvgIpc) is 2.53. The molecule has 122 valence electrons. The molecular formula is C16H25N3O3. The van der Waals surface area contributed by atoms with E-state index >= 15 is 0 Å². The molecule has 1 aromatic rings. The van der Waals surface area contributed by atoms with Crippen molar-refractivity contribution in [2.24, 2.45) is 0 Å². The lowest BCUT2D eigenvalue weighted by Crippen LogP contribution is -2.45. The van der Waals surface area contributed by atoms with Crippen molar-refractivity contribution >= 4 is 5.69 Å². The van der Waals surface area contributed by atoms with E-state index < -0.39 is 4.92 Å². The monoisotopic (exact) mass is 307 g/mol. The number of benzene rings is 1. The molecule has 6 heteroatoms. The van der Waals surface area contributed by atoms with E-state index in [1.165, 1.54) is 18.6 Å². The molecule has 0 radical (unpaired) electrons. The molecule has 0 aliphatic carbocycles. The highest BCUT2D eigenvalue weighted by molar-refractivity contribution is 5.48. The van der Waals surface area contributed by atoms with Gasteiger partial charge in [0.2, 0.25) is 0 Å². The Labute approximate surface area is 131 Å². The maximum absolute atomic E-state index is 11.1. The fourth-order valence-electron chi connectivity index (χ4n) is 3.04. The summed E-state index contributed by atoms with van der Waals surface area (Å²) < 4.78 is 0. The van der Waals surface area contributed by atoms with Gasteiger partial charge in [0.05, 0.1) is 4.92 Å². The largest absolute Gasteiger partial charge is 0.502 e. The molecule has 1 saturated heterocycles. The van der Waals surface area contributed by atoms with Crippen LogP contribution in [0.3, 0.4) is 0 Å². The minimum absolute atomic E-state index is 0.188. The van der Waals surface area contributed by atoms with Crippen LogP contribution in [0.4, 0.5) is 5.69 Å². The van der Waals surface area contributed by atoms with Gasteiger partial charge in [0.1, 0.15) is 0 Å². The maximum Gasteiger partial charge on any atom is 0.311 e. The standard InChI is InChI=1S/C16H25N3O3/c1-2-3-4-5-14(18-10-8-17-9-11-18)13-6-7-16(20)15(12-13)19(21)22/h6-7,12,14,17,20H,2-5,8-11H2,1H3/t14-/m0/s1. The van der Waals surface area contributed by atoms with Gasteiger partial charge in [0, 0.05) is 38.3 Å². The van der Waals surface area contributed by atoms with Crippen molar-refractivity contribution in [2.45, 2.75) is 38.6 Å². The lowest BCUT2D eigenvalue weighted by molar-refractivity contribution is -0.386. The summed E-state index contributed by atoms with van der Waals surface area (Å²) >= 11 is 0. The first-order valence-electron chi connectivity index (χ1n) is 8.05. The van der Waals surface area contributed by atoms with E-state index in [4.69, 9.17) is 0 Å². The van der Waals surface area contributed by atoms with E-state index in [0.29, 0.717) is 0 Å². The number of piperazine rings is 1. The van der Waals surface area contributed by atoms with Gasteiger partial charge in [0.15, 0.2) is 5.75 Å². The summed E-state index contributed by atoms with van der Waals surface area (Å²) in [7, 11) is 0. The summed E-state index contributed by atoms with van der Waals surface area (Å²) in [6.07, 6.45) is 4.43. The topological polar surface area (TPSA) is 78.6 Å². The molecule has 1 aliphatic rings. The van der Waals surface area contributed by atoms with Crippen LogP contribution in [0.5, 0.6) is 5.75 Å². The highest BCUT2D eigenvalue weighted by atomic mass is 16.6. The van der Waals surface area contributed by atoms with E-state index in [2.05, 4.69) is 17.1 Å². The van der Waals surface area contributed by atoms with Crippen LogP contribution in [0.15, 0.2) is 18.2 Å². The number of nitro groups is 1. The molecule has 0 unspecified atom stereocenters. The van der Waals surface area contributed by atoms with Gasteiger partial charge in [-0.3, -0.25) is 15.0 Å². The van der Waals surface area contributed by atoms with Gasteiger partial charge >= 0.3 is 5.69 Å². The van der Waals surface area contributed by atoms with Crippen LogP contribution in [-0.2, 0) is 0 Å². The zero-order valence-electron chi connectivity index (χ0n) is 13.1. The molecule has 6 nitrogen and oxygen atoms in total. The first-order valence-corrected chi connectivity index (χ1v) is 8.05. The Kier molecular flexibility index (Phi) is 6.15. The van der Waals surface area contributed by atoms with E-state index in [0.717, 1.165) is 51.0 Å². The van der Waals surface area contributed by atoms with E-state index in [9.17, 15) is 15.2 Å². The number of phenols is 1. The van der Waals surface area contributed by atoms with Crippen molar-refractivity contribution in [3.63, 3.8) is 0 Å². The molecule has 0 bridgehead atoms. The Bertz CT molecular complexity index is 501. The van der Waals surface area contributed by atoms with E-state index in [-0.39, 0.29) is 17.5 Å². The number of phenolic OH excluding ortho intramolecular Hbond substituents is 1. The van der Waals surface area contributed by atoms with Gasteiger partial charge in [0.25, 0.3) is 0 Å².